The maximum Gasteiger partial charge on any atom is 0.262 e. The lowest BCUT2D eigenvalue weighted by Gasteiger charge is -2.36. The fourth-order valence-electron chi connectivity index (χ4n) is 8.71. The van der Waals surface area contributed by atoms with E-state index in [0.29, 0.717) is 49.2 Å². The van der Waals surface area contributed by atoms with Crippen molar-refractivity contribution in [2.24, 2.45) is 0 Å². The number of aromatic nitrogens is 1. The van der Waals surface area contributed by atoms with Crippen LogP contribution in [0.2, 0.25) is 0 Å². The molecule has 5 heterocycles. The first kappa shape index (κ1) is 40.7. The van der Waals surface area contributed by atoms with Crippen LogP contribution in [0.4, 0.5) is 16.5 Å². The summed E-state index contributed by atoms with van der Waals surface area (Å²) in [4.78, 5) is 90.1. The van der Waals surface area contributed by atoms with Gasteiger partial charge in [-0.2, -0.15) is 0 Å². The third-order valence-electron chi connectivity index (χ3n) is 12.0. The zero-order chi connectivity index (χ0) is 43.1. The highest BCUT2D eigenvalue weighted by atomic mass is 32.1. The van der Waals surface area contributed by atoms with Gasteiger partial charge in [-0.05, 0) is 91.9 Å². The van der Waals surface area contributed by atoms with Crippen LogP contribution in [0.5, 0.6) is 5.75 Å². The van der Waals surface area contributed by atoms with Gasteiger partial charge in [0.2, 0.25) is 17.7 Å². The summed E-state index contributed by atoms with van der Waals surface area (Å²) in [6.45, 7) is 8.71. The molecule has 1 atom stereocenters. The summed E-state index contributed by atoms with van der Waals surface area (Å²) in [5.41, 5.74) is 7.64. The second kappa shape index (κ2) is 17.0. The third-order valence-corrected chi connectivity index (χ3v) is 12.9. The number of hydrogen-bond acceptors (Lipinski definition) is 11. The Morgan fingerprint density at radius 1 is 0.855 bits per heavy atom. The fourth-order valence-corrected chi connectivity index (χ4v) is 9.56. The summed E-state index contributed by atoms with van der Waals surface area (Å²) in [5, 5.41) is 5.74. The van der Waals surface area contributed by atoms with Crippen LogP contribution in [0, 0.1) is 13.8 Å². The molecule has 2 saturated heterocycles. The van der Waals surface area contributed by atoms with Gasteiger partial charge in [0, 0.05) is 73.1 Å². The highest BCUT2D eigenvalue weighted by Crippen LogP contribution is 2.37. The monoisotopic (exact) mass is 851 g/mol. The van der Waals surface area contributed by atoms with E-state index in [1.165, 1.54) is 11.3 Å². The number of nitrogens with zero attached hydrogens (tertiary/aromatic N) is 5. The van der Waals surface area contributed by atoms with E-state index >= 15 is 0 Å². The topological polar surface area (TPSA) is 162 Å². The van der Waals surface area contributed by atoms with Crippen molar-refractivity contribution in [2.75, 3.05) is 61.0 Å². The Kier molecular flexibility index (Phi) is 11.1. The first-order valence-corrected chi connectivity index (χ1v) is 21.6. The molecule has 9 rings (SSSR count). The molecule has 5 aromatic rings. The summed E-state index contributed by atoms with van der Waals surface area (Å²) in [6, 6.07) is 25.5. The van der Waals surface area contributed by atoms with Crippen LogP contribution in [0.15, 0.2) is 84.9 Å². The van der Waals surface area contributed by atoms with Gasteiger partial charge in [0.05, 0.1) is 23.2 Å². The molecule has 2 N–H and O–H groups in total. The standard InChI is InChI=1S/C47H45N7O7S/c1-28-6-3-4-9-35(28)44(58)53-17-16-31-26-32(10-13-38(31)53)42-29(2)62-47(50-42)49-41(56)25-30-7-5-8-34(24-30)61-23-22-51-18-20-52(21-19-51)33-11-12-36-37(27-33)46(60)54(45(36)59)39-14-15-40(55)48-43(39)57/h3-13,24,26-27,39H,14-23,25H2,1-2H3,(H,48,55,57)(H,49,50,56). The minimum absolute atomic E-state index is 0.00755. The predicted molar refractivity (Wildman–Crippen MR) is 235 cm³/mol. The Morgan fingerprint density at radius 2 is 1.66 bits per heavy atom. The number of nitrogens with one attached hydrogen (secondary N) is 2. The number of anilines is 3. The Hall–Kier alpha value is -6.71. The molecular formula is C47H45N7O7S. The Bertz CT molecular complexity index is 2650. The number of carbonyl (C=O) groups excluding carboxylic acids is 6. The molecule has 1 aromatic heterocycles. The van der Waals surface area contributed by atoms with E-state index in [9.17, 15) is 28.8 Å². The molecule has 0 spiro atoms. The second-order valence-corrected chi connectivity index (χ2v) is 17.2. The van der Waals surface area contributed by atoms with E-state index in [2.05, 4.69) is 26.5 Å². The van der Waals surface area contributed by atoms with Gasteiger partial charge in [-0.1, -0.05) is 36.4 Å². The normalized spacial score (nSPS) is 17.6. The summed E-state index contributed by atoms with van der Waals surface area (Å²) in [5.74, 6) is -1.55. The number of imide groups is 2. The number of rotatable bonds is 11. The molecule has 14 nitrogen and oxygen atoms in total. The number of aryl methyl sites for hydroxylation is 2. The summed E-state index contributed by atoms with van der Waals surface area (Å²) >= 11 is 1.43. The lowest BCUT2D eigenvalue weighted by Crippen LogP contribution is -2.54. The van der Waals surface area contributed by atoms with Gasteiger partial charge >= 0.3 is 0 Å². The van der Waals surface area contributed by atoms with E-state index in [1.54, 1.807) is 12.1 Å². The molecule has 6 amide bonds. The fraction of sp³-hybridized carbons (Fsp3) is 0.298. The zero-order valence-corrected chi connectivity index (χ0v) is 35.3. The highest BCUT2D eigenvalue weighted by molar-refractivity contribution is 7.16. The lowest BCUT2D eigenvalue weighted by molar-refractivity contribution is -0.136. The summed E-state index contributed by atoms with van der Waals surface area (Å²) < 4.78 is 6.11. The van der Waals surface area contributed by atoms with Gasteiger partial charge in [0.1, 0.15) is 18.4 Å². The van der Waals surface area contributed by atoms with Gasteiger partial charge in [-0.25, -0.2) is 4.98 Å². The largest absolute Gasteiger partial charge is 0.492 e. The number of piperidine rings is 1. The number of carbonyl (C=O) groups is 6. The quantitative estimate of drug-likeness (QED) is 0.165. The molecule has 0 radical (unpaired) electrons. The van der Waals surface area contributed by atoms with Crippen molar-refractivity contribution in [1.29, 1.82) is 0 Å². The van der Waals surface area contributed by atoms with Crippen molar-refractivity contribution in [3.05, 3.63) is 123 Å². The predicted octanol–water partition coefficient (Wildman–Crippen LogP) is 5.41. The number of hydrogen-bond donors (Lipinski definition) is 2. The molecule has 1 unspecified atom stereocenters. The van der Waals surface area contributed by atoms with E-state index in [0.717, 1.165) is 68.6 Å². The minimum Gasteiger partial charge on any atom is -0.492 e. The number of fused-ring (bicyclic) bond motifs is 2. The Labute approximate surface area is 362 Å². The summed E-state index contributed by atoms with van der Waals surface area (Å²) in [7, 11) is 0. The van der Waals surface area contributed by atoms with E-state index in [1.807, 2.05) is 85.5 Å². The Balaban J connectivity index is 0.741. The van der Waals surface area contributed by atoms with Crippen LogP contribution >= 0.6 is 11.3 Å². The average molecular weight is 852 g/mol. The van der Waals surface area contributed by atoms with Gasteiger partial charge < -0.3 is 19.9 Å². The SMILES string of the molecule is Cc1ccccc1C(=O)N1CCc2cc(-c3nc(NC(=O)Cc4cccc(OCCN5CCN(c6ccc7c(c6)C(=O)N(C6CCC(=O)NC6=O)C7=O)CC5)c4)sc3C)ccc21. The van der Waals surface area contributed by atoms with Crippen LogP contribution in [0.25, 0.3) is 11.3 Å². The van der Waals surface area contributed by atoms with Gasteiger partial charge in [-0.15, -0.1) is 11.3 Å². The van der Waals surface area contributed by atoms with Crippen molar-refractivity contribution >= 4 is 63.3 Å². The summed E-state index contributed by atoms with van der Waals surface area (Å²) in [6.07, 6.45) is 1.12. The molecule has 0 bridgehead atoms. The lowest BCUT2D eigenvalue weighted by atomic mass is 10.0. The third kappa shape index (κ3) is 8.08. The molecular weight excluding hydrogens is 807 g/mol. The number of amides is 6. The zero-order valence-electron chi connectivity index (χ0n) is 34.4. The molecule has 316 valence electrons. The number of benzene rings is 4. The molecule has 2 fully saturated rings. The maximum absolute atomic E-state index is 13.4. The molecule has 4 aliphatic heterocycles. The minimum atomic E-state index is -0.994. The van der Waals surface area contributed by atoms with Crippen molar-refractivity contribution in [1.82, 2.24) is 20.1 Å². The first-order valence-electron chi connectivity index (χ1n) is 20.8. The van der Waals surface area contributed by atoms with E-state index in [-0.39, 0.29) is 42.2 Å². The molecule has 4 aromatic carbocycles. The van der Waals surface area contributed by atoms with Crippen LogP contribution < -0.4 is 25.2 Å². The van der Waals surface area contributed by atoms with E-state index in [4.69, 9.17) is 9.72 Å². The van der Waals surface area contributed by atoms with Gasteiger partial charge in [0.25, 0.3) is 17.7 Å². The van der Waals surface area contributed by atoms with E-state index < -0.39 is 29.7 Å². The van der Waals surface area contributed by atoms with Crippen LogP contribution in [-0.4, -0.2) is 102 Å². The number of piperazine rings is 1. The van der Waals surface area contributed by atoms with Crippen LogP contribution in [0.3, 0.4) is 0 Å². The first-order chi connectivity index (χ1) is 30.0. The second-order valence-electron chi connectivity index (χ2n) is 16.0. The molecule has 0 saturated carbocycles. The molecule has 0 aliphatic carbocycles. The number of thiazole rings is 1. The van der Waals surface area contributed by atoms with Crippen molar-refractivity contribution in [3.63, 3.8) is 0 Å². The van der Waals surface area contributed by atoms with Crippen molar-refractivity contribution < 1.29 is 33.5 Å². The highest BCUT2D eigenvalue weighted by Gasteiger charge is 2.45. The van der Waals surface area contributed by atoms with Crippen LogP contribution in [0.1, 0.15) is 65.5 Å². The van der Waals surface area contributed by atoms with Gasteiger partial charge in [-0.3, -0.25) is 43.9 Å². The maximum atomic E-state index is 13.4. The van der Waals surface area contributed by atoms with Crippen molar-refractivity contribution in [2.45, 2.75) is 45.6 Å². The molecule has 15 heteroatoms. The van der Waals surface area contributed by atoms with Crippen LogP contribution in [-0.2, 0) is 27.2 Å². The molecule has 62 heavy (non-hydrogen) atoms. The average Bonchev–Trinajstić information content (AvgIpc) is 3.93. The smallest absolute Gasteiger partial charge is 0.262 e. The number of ether oxygens (including phenoxy) is 1. The van der Waals surface area contributed by atoms with Gasteiger partial charge in [0.15, 0.2) is 5.13 Å². The van der Waals surface area contributed by atoms with Crippen molar-refractivity contribution in [3.8, 4) is 17.0 Å². The Morgan fingerprint density at radius 3 is 2.47 bits per heavy atom. The molecule has 4 aliphatic rings.